The quantitative estimate of drug-likeness (QED) is 0.838. The highest BCUT2D eigenvalue weighted by Crippen LogP contribution is 2.35. The minimum absolute atomic E-state index is 0.244. The van der Waals surface area contributed by atoms with E-state index in [2.05, 4.69) is 27.8 Å². The highest BCUT2D eigenvalue weighted by atomic mass is 79.9. The van der Waals surface area contributed by atoms with Crippen molar-refractivity contribution in [2.24, 2.45) is 5.92 Å². The van der Waals surface area contributed by atoms with Gasteiger partial charge < -0.3 is 10.6 Å². The minimum atomic E-state index is -0.244. The van der Waals surface area contributed by atoms with Gasteiger partial charge in [-0.05, 0) is 47.2 Å². The van der Waals surface area contributed by atoms with Gasteiger partial charge in [-0.25, -0.2) is 4.39 Å². The number of rotatable bonds is 5. The van der Waals surface area contributed by atoms with Crippen LogP contribution in [0.4, 0.5) is 15.8 Å². The van der Waals surface area contributed by atoms with E-state index >= 15 is 0 Å². The summed E-state index contributed by atoms with van der Waals surface area (Å²) in [5.74, 6) is 0.527. The number of nitrogen functional groups attached to an aromatic ring is 1. The van der Waals surface area contributed by atoms with E-state index in [1.54, 1.807) is 6.07 Å². The fraction of sp³-hybridized carbons (Fsp3) is 0.538. The second kappa shape index (κ2) is 5.25. The number of hydrogen-bond donors (Lipinski definition) is 1. The lowest BCUT2D eigenvalue weighted by molar-refractivity contribution is 0.618. The smallest absolute Gasteiger partial charge is 0.139 e. The van der Waals surface area contributed by atoms with Gasteiger partial charge in [0.05, 0.1) is 15.8 Å². The van der Waals surface area contributed by atoms with Crippen molar-refractivity contribution in [1.82, 2.24) is 0 Å². The molecule has 1 aliphatic rings. The fourth-order valence-corrected chi connectivity index (χ4v) is 2.38. The molecule has 0 amide bonds. The molecule has 2 rings (SSSR count). The largest absolute Gasteiger partial charge is 0.397 e. The summed E-state index contributed by atoms with van der Waals surface area (Å²) in [6, 6.07) is 3.19. The lowest BCUT2D eigenvalue weighted by atomic mass is 10.2. The Morgan fingerprint density at radius 2 is 2.18 bits per heavy atom. The summed E-state index contributed by atoms with van der Waals surface area (Å²) >= 11 is 3.16. The van der Waals surface area contributed by atoms with E-state index in [0.29, 0.717) is 10.2 Å². The van der Waals surface area contributed by atoms with Crippen molar-refractivity contribution in [3.8, 4) is 0 Å². The van der Waals surface area contributed by atoms with Crippen molar-refractivity contribution >= 4 is 27.3 Å². The first-order chi connectivity index (χ1) is 8.11. The van der Waals surface area contributed by atoms with Crippen molar-refractivity contribution in [3.05, 3.63) is 22.4 Å². The van der Waals surface area contributed by atoms with Crippen LogP contribution in [0, 0.1) is 11.7 Å². The van der Waals surface area contributed by atoms with Gasteiger partial charge in [0, 0.05) is 19.2 Å². The van der Waals surface area contributed by atoms with Crippen LogP contribution in [0.5, 0.6) is 0 Å². The van der Waals surface area contributed by atoms with Crippen molar-refractivity contribution in [1.29, 1.82) is 0 Å². The van der Waals surface area contributed by atoms with Gasteiger partial charge in [-0.15, -0.1) is 0 Å². The average Bonchev–Trinajstić information content (AvgIpc) is 3.07. The number of halogens is 2. The summed E-state index contributed by atoms with van der Waals surface area (Å²) in [4.78, 5) is 2.21. The summed E-state index contributed by atoms with van der Waals surface area (Å²) in [5.41, 5.74) is 7.46. The normalized spacial score (nSPS) is 15.0. The van der Waals surface area contributed by atoms with Gasteiger partial charge in [-0.3, -0.25) is 0 Å². The number of benzene rings is 1. The van der Waals surface area contributed by atoms with E-state index in [1.165, 1.54) is 18.9 Å². The van der Waals surface area contributed by atoms with Crippen LogP contribution in [0.3, 0.4) is 0 Å². The van der Waals surface area contributed by atoms with E-state index in [0.717, 1.165) is 31.1 Å². The molecule has 0 saturated heterocycles. The number of nitrogens with two attached hydrogens (primary N) is 1. The van der Waals surface area contributed by atoms with Crippen LogP contribution in [0.25, 0.3) is 0 Å². The highest BCUT2D eigenvalue weighted by molar-refractivity contribution is 9.10. The molecule has 0 radical (unpaired) electrons. The Balaban J connectivity index is 2.23. The molecule has 1 aliphatic carbocycles. The molecule has 0 aliphatic heterocycles. The zero-order valence-corrected chi connectivity index (χ0v) is 11.6. The predicted octanol–water partition coefficient (Wildman–Crippen LogP) is 3.80. The molecule has 17 heavy (non-hydrogen) atoms. The molecule has 2 nitrogen and oxygen atoms in total. The average molecular weight is 301 g/mol. The maximum absolute atomic E-state index is 13.6. The van der Waals surface area contributed by atoms with Crippen molar-refractivity contribution in [3.63, 3.8) is 0 Å². The van der Waals surface area contributed by atoms with Crippen molar-refractivity contribution in [2.75, 3.05) is 23.7 Å². The van der Waals surface area contributed by atoms with Crippen LogP contribution in [0.1, 0.15) is 26.2 Å². The lowest BCUT2D eigenvalue weighted by Gasteiger charge is -2.26. The van der Waals surface area contributed by atoms with Crippen LogP contribution in [-0.2, 0) is 0 Å². The van der Waals surface area contributed by atoms with Gasteiger partial charge in [0.15, 0.2) is 0 Å². The van der Waals surface area contributed by atoms with E-state index in [9.17, 15) is 4.39 Å². The van der Waals surface area contributed by atoms with Crippen LogP contribution in [0.2, 0.25) is 0 Å². The Morgan fingerprint density at radius 1 is 1.47 bits per heavy atom. The molecular formula is C13H18BrFN2. The Bertz CT molecular complexity index is 405. The molecule has 0 heterocycles. The van der Waals surface area contributed by atoms with Crippen LogP contribution in [0.15, 0.2) is 16.6 Å². The van der Waals surface area contributed by atoms with Gasteiger partial charge in [0.1, 0.15) is 5.82 Å². The molecule has 2 N–H and O–H groups in total. The van der Waals surface area contributed by atoms with E-state index in [1.807, 2.05) is 0 Å². The molecule has 94 valence electrons. The molecule has 1 aromatic rings. The Morgan fingerprint density at radius 3 is 2.76 bits per heavy atom. The van der Waals surface area contributed by atoms with Crippen molar-refractivity contribution < 1.29 is 4.39 Å². The van der Waals surface area contributed by atoms with Crippen LogP contribution >= 0.6 is 15.9 Å². The van der Waals surface area contributed by atoms with E-state index in [4.69, 9.17) is 5.73 Å². The first-order valence-electron chi connectivity index (χ1n) is 6.11. The van der Waals surface area contributed by atoms with E-state index < -0.39 is 0 Å². The van der Waals surface area contributed by atoms with Crippen molar-refractivity contribution in [2.45, 2.75) is 26.2 Å². The minimum Gasteiger partial charge on any atom is -0.397 e. The Labute approximate surface area is 110 Å². The first kappa shape index (κ1) is 12.7. The van der Waals surface area contributed by atoms with Crippen LogP contribution < -0.4 is 10.6 Å². The monoisotopic (exact) mass is 300 g/mol. The number of anilines is 2. The standard InChI is InChI=1S/C13H18BrFN2/c1-2-5-17(8-9-3-4-9)13-7-11(15)10(14)6-12(13)16/h6-7,9H,2-5,8,16H2,1H3. The summed E-state index contributed by atoms with van der Waals surface area (Å²) in [5, 5.41) is 0. The second-order valence-corrected chi connectivity index (χ2v) is 5.57. The third-order valence-electron chi connectivity index (χ3n) is 3.08. The zero-order chi connectivity index (χ0) is 12.4. The molecule has 1 fully saturated rings. The Hall–Kier alpha value is -0.770. The first-order valence-corrected chi connectivity index (χ1v) is 6.90. The lowest BCUT2D eigenvalue weighted by Crippen LogP contribution is -2.27. The number of hydrogen-bond acceptors (Lipinski definition) is 2. The zero-order valence-electron chi connectivity index (χ0n) is 10.0. The topological polar surface area (TPSA) is 29.3 Å². The second-order valence-electron chi connectivity index (χ2n) is 4.71. The highest BCUT2D eigenvalue weighted by Gasteiger charge is 2.25. The van der Waals surface area contributed by atoms with E-state index in [-0.39, 0.29) is 5.82 Å². The Kier molecular flexibility index (Phi) is 3.92. The molecule has 4 heteroatoms. The third-order valence-corrected chi connectivity index (χ3v) is 3.69. The fourth-order valence-electron chi connectivity index (χ4n) is 2.02. The maximum atomic E-state index is 13.6. The molecule has 1 saturated carbocycles. The summed E-state index contributed by atoms with van der Waals surface area (Å²) in [7, 11) is 0. The van der Waals surface area contributed by atoms with Crippen LogP contribution in [-0.4, -0.2) is 13.1 Å². The van der Waals surface area contributed by atoms with Gasteiger partial charge in [0.25, 0.3) is 0 Å². The van der Waals surface area contributed by atoms with Gasteiger partial charge in [-0.1, -0.05) is 6.92 Å². The molecule has 0 spiro atoms. The molecule has 0 aromatic heterocycles. The summed E-state index contributed by atoms with van der Waals surface area (Å²) in [6.07, 6.45) is 3.63. The predicted molar refractivity (Wildman–Crippen MR) is 73.7 cm³/mol. The maximum Gasteiger partial charge on any atom is 0.139 e. The molecule has 0 unspecified atom stereocenters. The summed E-state index contributed by atoms with van der Waals surface area (Å²) < 4.78 is 14.0. The van der Waals surface area contributed by atoms with Gasteiger partial charge >= 0.3 is 0 Å². The molecular weight excluding hydrogens is 283 g/mol. The SMILES string of the molecule is CCCN(CC1CC1)c1cc(F)c(Br)cc1N. The molecule has 0 bridgehead atoms. The number of nitrogens with zero attached hydrogens (tertiary/aromatic N) is 1. The third kappa shape index (κ3) is 3.12. The van der Waals surface area contributed by atoms with Gasteiger partial charge in [0.2, 0.25) is 0 Å². The summed E-state index contributed by atoms with van der Waals surface area (Å²) in [6.45, 7) is 4.06. The van der Waals surface area contributed by atoms with Gasteiger partial charge in [-0.2, -0.15) is 0 Å². The molecule has 1 aromatic carbocycles. The molecule has 0 atom stereocenters.